The Balaban J connectivity index is 2.03. The second-order valence-electron chi connectivity index (χ2n) is 3.85. The number of nitrogens with zero attached hydrogens (tertiary/aromatic N) is 2. The van der Waals surface area contributed by atoms with Crippen LogP contribution in [0.25, 0.3) is 11.1 Å². The van der Waals surface area contributed by atoms with E-state index >= 15 is 0 Å². The molecule has 0 saturated carbocycles. The van der Waals surface area contributed by atoms with E-state index in [9.17, 15) is 0 Å². The molecule has 0 spiro atoms. The molecule has 1 heterocycles. The third kappa shape index (κ3) is 3.56. The largest absolute Gasteiger partial charge is 0.244 e. The first-order valence-corrected chi connectivity index (χ1v) is 6.87. The van der Waals surface area contributed by atoms with Gasteiger partial charge in [-0.05, 0) is 29.9 Å². The van der Waals surface area contributed by atoms with E-state index in [4.69, 9.17) is 0 Å². The smallest absolute Gasteiger partial charge is 0.115 e. The van der Waals surface area contributed by atoms with Crippen LogP contribution >= 0.6 is 11.8 Å². The second kappa shape index (κ2) is 6.40. The minimum atomic E-state index is 1.07. The Bertz CT molecular complexity index is 440. The molecule has 0 aliphatic carbocycles. The lowest BCUT2D eigenvalue weighted by Gasteiger charge is -2.03. The van der Waals surface area contributed by atoms with Crippen LogP contribution in [0.4, 0.5) is 0 Å². The number of hydrogen-bond donors (Lipinski definition) is 0. The zero-order chi connectivity index (χ0) is 11.9. The first-order valence-electron chi connectivity index (χ1n) is 5.88. The lowest BCUT2D eigenvalue weighted by atomic mass is 10.1. The van der Waals surface area contributed by atoms with Crippen molar-refractivity contribution in [2.75, 3.05) is 5.75 Å². The van der Waals surface area contributed by atoms with E-state index in [0.29, 0.717) is 0 Å². The molecule has 0 bridgehead atoms. The van der Waals surface area contributed by atoms with Gasteiger partial charge in [0, 0.05) is 22.9 Å². The van der Waals surface area contributed by atoms with Crippen LogP contribution in [-0.2, 0) is 0 Å². The van der Waals surface area contributed by atoms with Crippen molar-refractivity contribution in [3.63, 3.8) is 0 Å². The Morgan fingerprint density at radius 2 is 1.71 bits per heavy atom. The van der Waals surface area contributed by atoms with Gasteiger partial charge in [0.25, 0.3) is 0 Å². The molecule has 1 aromatic heterocycles. The van der Waals surface area contributed by atoms with Crippen molar-refractivity contribution in [3.8, 4) is 11.1 Å². The zero-order valence-electron chi connectivity index (χ0n) is 9.97. The van der Waals surface area contributed by atoms with Crippen molar-refractivity contribution in [2.24, 2.45) is 0 Å². The van der Waals surface area contributed by atoms with Crippen molar-refractivity contribution in [1.82, 2.24) is 9.97 Å². The molecule has 2 aromatic rings. The summed E-state index contributed by atoms with van der Waals surface area (Å²) in [6.45, 7) is 2.22. The molecule has 0 radical (unpaired) electrons. The Morgan fingerprint density at radius 1 is 1.00 bits per heavy atom. The Hall–Kier alpha value is -1.35. The fourth-order valence-electron chi connectivity index (χ4n) is 1.53. The first kappa shape index (κ1) is 12.1. The van der Waals surface area contributed by atoms with Gasteiger partial charge in [-0.15, -0.1) is 11.8 Å². The normalized spacial score (nSPS) is 10.4. The number of benzene rings is 1. The molecule has 2 rings (SSSR count). The third-order valence-electron chi connectivity index (χ3n) is 2.51. The highest BCUT2D eigenvalue weighted by atomic mass is 32.2. The fourth-order valence-corrected chi connectivity index (χ4v) is 2.52. The lowest BCUT2D eigenvalue weighted by Crippen LogP contribution is -1.82. The van der Waals surface area contributed by atoms with E-state index < -0.39 is 0 Å². The van der Waals surface area contributed by atoms with Crippen LogP contribution in [0.5, 0.6) is 0 Å². The molecule has 0 fully saturated rings. The van der Waals surface area contributed by atoms with Crippen molar-refractivity contribution in [3.05, 3.63) is 43.0 Å². The van der Waals surface area contributed by atoms with Gasteiger partial charge in [-0.1, -0.05) is 25.5 Å². The number of unbranched alkanes of at least 4 members (excludes halogenated alkanes) is 1. The highest BCUT2D eigenvalue weighted by Crippen LogP contribution is 2.23. The average molecular weight is 244 g/mol. The molecule has 0 saturated heterocycles. The third-order valence-corrected chi connectivity index (χ3v) is 3.61. The molecule has 3 heteroatoms. The van der Waals surface area contributed by atoms with Crippen molar-refractivity contribution >= 4 is 11.8 Å². The molecular weight excluding hydrogens is 228 g/mol. The van der Waals surface area contributed by atoms with Gasteiger partial charge in [0.1, 0.15) is 6.33 Å². The summed E-state index contributed by atoms with van der Waals surface area (Å²) in [5.41, 5.74) is 2.24. The summed E-state index contributed by atoms with van der Waals surface area (Å²) in [6, 6.07) is 8.60. The van der Waals surface area contributed by atoms with Crippen LogP contribution in [0.2, 0.25) is 0 Å². The minimum absolute atomic E-state index is 1.07. The van der Waals surface area contributed by atoms with Crippen LogP contribution in [0.1, 0.15) is 19.8 Å². The van der Waals surface area contributed by atoms with Gasteiger partial charge < -0.3 is 0 Å². The molecule has 2 nitrogen and oxygen atoms in total. The summed E-state index contributed by atoms with van der Waals surface area (Å²) in [6.07, 6.45) is 7.77. The van der Waals surface area contributed by atoms with E-state index in [0.717, 1.165) is 5.56 Å². The van der Waals surface area contributed by atoms with Crippen LogP contribution in [0.3, 0.4) is 0 Å². The van der Waals surface area contributed by atoms with Crippen molar-refractivity contribution in [2.45, 2.75) is 24.7 Å². The Morgan fingerprint density at radius 3 is 2.35 bits per heavy atom. The van der Waals surface area contributed by atoms with Gasteiger partial charge in [0.15, 0.2) is 0 Å². The van der Waals surface area contributed by atoms with Crippen molar-refractivity contribution < 1.29 is 0 Å². The molecule has 0 aliphatic rings. The number of thioether (sulfide) groups is 1. The maximum atomic E-state index is 4.03. The summed E-state index contributed by atoms with van der Waals surface area (Å²) < 4.78 is 0. The maximum absolute atomic E-state index is 4.03. The van der Waals surface area contributed by atoms with Gasteiger partial charge in [0.2, 0.25) is 0 Å². The predicted octanol–water partition coefficient (Wildman–Crippen LogP) is 4.04. The molecule has 0 aliphatic heterocycles. The van der Waals surface area contributed by atoms with E-state index in [1.54, 1.807) is 6.33 Å². The molecular formula is C14H16N2S. The Kier molecular flexibility index (Phi) is 4.56. The summed E-state index contributed by atoms with van der Waals surface area (Å²) >= 11 is 1.92. The molecule has 0 atom stereocenters. The summed E-state index contributed by atoms with van der Waals surface area (Å²) in [5, 5.41) is 0. The van der Waals surface area contributed by atoms with E-state index in [1.165, 1.54) is 29.1 Å². The first-order chi connectivity index (χ1) is 8.40. The SMILES string of the molecule is CCCCSc1ccc(-c2cncnc2)cc1. The molecule has 0 unspecified atom stereocenters. The van der Waals surface area contributed by atoms with E-state index in [1.807, 2.05) is 24.2 Å². The van der Waals surface area contributed by atoms with Gasteiger partial charge in [-0.25, -0.2) is 9.97 Å². The van der Waals surface area contributed by atoms with E-state index in [2.05, 4.69) is 41.2 Å². The maximum Gasteiger partial charge on any atom is 0.115 e. The van der Waals surface area contributed by atoms with E-state index in [-0.39, 0.29) is 0 Å². The molecule has 0 amide bonds. The van der Waals surface area contributed by atoms with Gasteiger partial charge in [-0.2, -0.15) is 0 Å². The molecule has 88 valence electrons. The summed E-state index contributed by atoms with van der Waals surface area (Å²) in [5.74, 6) is 1.20. The van der Waals surface area contributed by atoms with Crippen molar-refractivity contribution in [1.29, 1.82) is 0 Å². The molecule has 0 N–H and O–H groups in total. The topological polar surface area (TPSA) is 25.8 Å². The van der Waals surface area contributed by atoms with Gasteiger partial charge in [-0.3, -0.25) is 0 Å². The average Bonchev–Trinajstić information content (AvgIpc) is 2.41. The van der Waals surface area contributed by atoms with Crippen LogP contribution in [0, 0.1) is 0 Å². The fraction of sp³-hybridized carbons (Fsp3) is 0.286. The zero-order valence-corrected chi connectivity index (χ0v) is 10.8. The monoisotopic (exact) mass is 244 g/mol. The van der Waals surface area contributed by atoms with Crippen LogP contribution < -0.4 is 0 Å². The van der Waals surface area contributed by atoms with Gasteiger partial charge >= 0.3 is 0 Å². The quantitative estimate of drug-likeness (QED) is 0.586. The van der Waals surface area contributed by atoms with Crippen LogP contribution in [-0.4, -0.2) is 15.7 Å². The summed E-state index contributed by atoms with van der Waals surface area (Å²) in [4.78, 5) is 9.39. The number of hydrogen-bond acceptors (Lipinski definition) is 3. The van der Waals surface area contributed by atoms with Crippen LogP contribution in [0.15, 0.2) is 47.9 Å². The minimum Gasteiger partial charge on any atom is -0.244 e. The highest BCUT2D eigenvalue weighted by molar-refractivity contribution is 7.99. The number of rotatable bonds is 5. The summed E-state index contributed by atoms with van der Waals surface area (Å²) in [7, 11) is 0. The standard InChI is InChI=1S/C14H16N2S/c1-2-3-8-17-14-6-4-12(5-7-14)13-9-15-11-16-10-13/h4-7,9-11H,2-3,8H2,1H3. The second-order valence-corrected chi connectivity index (χ2v) is 5.02. The molecule has 17 heavy (non-hydrogen) atoms. The van der Waals surface area contributed by atoms with Gasteiger partial charge in [0.05, 0.1) is 0 Å². The number of aromatic nitrogens is 2. The predicted molar refractivity (Wildman–Crippen MR) is 73.1 cm³/mol. The Labute approximate surface area is 107 Å². The molecule has 1 aromatic carbocycles. The highest BCUT2D eigenvalue weighted by Gasteiger charge is 1.98. The lowest BCUT2D eigenvalue weighted by molar-refractivity contribution is 0.896.